The molecule has 1 amide bonds. The number of amides is 1. The van der Waals surface area contributed by atoms with Gasteiger partial charge < -0.3 is 9.47 Å². The molecule has 0 unspecified atom stereocenters. The van der Waals surface area contributed by atoms with E-state index < -0.39 is 5.91 Å². The summed E-state index contributed by atoms with van der Waals surface area (Å²) in [6.07, 6.45) is 3.25. The van der Waals surface area contributed by atoms with Crippen LogP contribution < -0.4 is 14.8 Å². The summed E-state index contributed by atoms with van der Waals surface area (Å²) < 4.78 is 14.0. The largest absolute Gasteiger partial charge is 0.497 e. The summed E-state index contributed by atoms with van der Waals surface area (Å²) in [6, 6.07) is 17.0. The Balaban J connectivity index is 1.31. The molecule has 4 rings (SSSR count). The molecular weight excluding hydrogens is 396 g/mol. The van der Waals surface area contributed by atoms with Gasteiger partial charge in [-0.25, -0.2) is 14.3 Å². The normalized spacial score (nSPS) is 10.6. The Bertz CT molecular complexity index is 1150. The van der Waals surface area contributed by atoms with Crippen molar-refractivity contribution in [3.63, 3.8) is 0 Å². The lowest BCUT2D eigenvalue weighted by Crippen LogP contribution is -2.15. The second-order valence-corrected chi connectivity index (χ2v) is 6.89. The molecule has 1 N–H and O–H groups in total. The van der Waals surface area contributed by atoms with Gasteiger partial charge in [0.1, 0.15) is 17.8 Å². The van der Waals surface area contributed by atoms with Crippen LogP contribution in [0.2, 0.25) is 0 Å². The summed E-state index contributed by atoms with van der Waals surface area (Å²) in [5.41, 5.74) is 2.54. The highest BCUT2D eigenvalue weighted by Gasteiger charge is 2.12. The van der Waals surface area contributed by atoms with E-state index in [1.165, 1.54) is 10.2 Å². The van der Waals surface area contributed by atoms with Crippen molar-refractivity contribution in [1.29, 1.82) is 0 Å². The summed E-state index contributed by atoms with van der Waals surface area (Å²) in [7, 11) is 1.61. The molecule has 2 aromatic heterocycles. The fourth-order valence-corrected chi connectivity index (χ4v) is 2.84. The van der Waals surface area contributed by atoms with Crippen molar-refractivity contribution in [2.75, 3.05) is 12.4 Å². The average Bonchev–Trinajstić information content (AvgIpc) is 3.44. The Morgan fingerprint density at radius 1 is 0.968 bits per heavy atom. The average molecular weight is 418 g/mol. The molecule has 9 heteroatoms. The maximum Gasteiger partial charge on any atom is 0.278 e. The number of ether oxygens (including phenoxy) is 2. The molecule has 0 atom stereocenters. The first kappa shape index (κ1) is 20.1. The molecular formula is C22H22N6O3. The van der Waals surface area contributed by atoms with Crippen molar-refractivity contribution < 1.29 is 14.3 Å². The number of nitrogens with zero attached hydrogens (tertiary/aromatic N) is 5. The number of rotatable bonds is 8. The number of benzene rings is 2. The number of aromatic nitrogens is 5. The van der Waals surface area contributed by atoms with Gasteiger partial charge in [-0.3, -0.25) is 10.1 Å². The van der Waals surface area contributed by atoms with Crippen LogP contribution in [-0.2, 0) is 13.3 Å². The van der Waals surface area contributed by atoms with Crippen molar-refractivity contribution in [2.45, 2.75) is 20.2 Å². The molecule has 9 nitrogen and oxygen atoms in total. The van der Waals surface area contributed by atoms with Gasteiger partial charge in [0.15, 0.2) is 12.4 Å². The van der Waals surface area contributed by atoms with Crippen molar-refractivity contribution in [3.05, 3.63) is 83.9 Å². The predicted molar refractivity (Wildman–Crippen MR) is 114 cm³/mol. The number of anilines is 1. The van der Waals surface area contributed by atoms with E-state index in [9.17, 15) is 4.79 Å². The highest BCUT2D eigenvalue weighted by Crippen LogP contribution is 2.17. The molecule has 158 valence electrons. The van der Waals surface area contributed by atoms with Crippen molar-refractivity contribution in [1.82, 2.24) is 24.5 Å². The van der Waals surface area contributed by atoms with Gasteiger partial charge in [0, 0.05) is 6.20 Å². The van der Waals surface area contributed by atoms with Gasteiger partial charge in [-0.05, 0) is 42.8 Å². The number of methoxy groups -OCH3 is 1. The highest BCUT2D eigenvalue weighted by atomic mass is 16.5. The van der Waals surface area contributed by atoms with E-state index in [4.69, 9.17) is 9.47 Å². The van der Waals surface area contributed by atoms with Crippen LogP contribution >= 0.6 is 0 Å². The van der Waals surface area contributed by atoms with Crippen LogP contribution in [0.15, 0.2) is 67.1 Å². The van der Waals surface area contributed by atoms with E-state index >= 15 is 0 Å². The topological polar surface area (TPSA) is 96.1 Å². The Morgan fingerprint density at radius 3 is 2.45 bits per heavy atom. The van der Waals surface area contributed by atoms with Crippen LogP contribution in [0.25, 0.3) is 0 Å². The Kier molecular flexibility index (Phi) is 5.93. The smallest absolute Gasteiger partial charge is 0.278 e. The third-order valence-corrected chi connectivity index (χ3v) is 4.52. The van der Waals surface area contributed by atoms with Crippen molar-refractivity contribution in [3.8, 4) is 11.5 Å². The number of hydrogen-bond donors (Lipinski definition) is 1. The monoisotopic (exact) mass is 418 g/mol. The van der Waals surface area contributed by atoms with Gasteiger partial charge in [-0.15, -0.1) is 5.10 Å². The molecule has 2 heterocycles. The number of aryl methyl sites for hydroxylation is 1. The van der Waals surface area contributed by atoms with Gasteiger partial charge in [0.05, 0.1) is 13.7 Å². The first-order valence-electron chi connectivity index (χ1n) is 9.66. The van der Waals surface area contributed by atoms with E-state index in [1.54, 1.807) is 42.5 Å². The van der Waals surface area contributed by atoms with Crippen LogP contribution in [0, 0.1) is 6.92 Å². The third-order valence-electron chi connectivity index (χ3n) is 4.52. The Hall–Kier alpha value is -4.14. The second kappa shape index (κ2) is 9.12. The minimum Gasteiger partial charge on any atom is -0.497 e. The number of carbonyl (C=O) groups is 1. The van der Waals surface area contributed by atoms with Crippen LogP contribution in [0.5, 0.6) is 11.5 Å². The lowest BCUT2D eigenvalue weighted by atomic mass is 10.1. The van der Waals surface area contributed by atoms with Crippen LogP contribution in [0.1, 0.15) is 21.6 Å². The summed E-state index contributed by atoms with van der Waals surface area (Å²) in [4.78, 5) is 16.6. The molecule has 0 aliphatic rings. The zero-order valence-corrected chi connectivity index (χ0v) is 17.2. The molecule has 0 aliphatic carbocycles. The Morgan fingerprint density at radius 2 is 1.71 bits per heavy atom. The molecule has 0 spiro atoms. The SMILES string of the molecule is COc1ccc(OCn2ccc(C(=O)Nc3ncn(Cc4ccc(C)cc4)n3)n2)cc1. The minimum atomic E-state index is -0.392. The predicted octanol–water partition coefficient (Wildman–Crippen LogP) is 3.13. The highest BCUT2D eigenvalue weighted by molar-refractivity contribution is 6.01. The molecule has 0 aliphatic heterocycles. The molecule has 0 radical (unpaired) electrons. The molecule has 4 aromatic rings. The summed E-state index contributed by atoms with van der Waals surface area (Å²) in [5, 5.41) is 11.2. The fraction of sp³-hybridized carbons (Fsp3) is 0.182. The van der Waals surface area contributed by atoms with E-state index in [0.29, 0.717) is 12.3 Å². The van der Waals surface area contributed by atoms with Crippen molar-refractivity contribution in [2.24, 2.45) is 0 Å². The molecule has 31 heavy (non-hydrogen) atoms. The summed E-state index contributed by atoms with van der Waals surface area (Å²) in [6.45, 7) is 2.78. The zero-order valence-electron chi connectivity index (χ0n) is 17.2. The summed E-state index contributed by atoms with van der Waals surface area (Å²) in [5.74, 6) is 1.25. The lowest BCUT2D eigenvalue weighted by molar-refractivity contribution is 0.101. The number of nitrogens with one attached hydrogen (secondary N) is 1. The third kappa shape index (κ3) is 5.27. The maximum atomic E-state index is 12.4. The summed E-state index contributed by atoms with van der Waals surface area (Å²) >= 11 is 0. The fourth-order valence-electron chi connectivity index (χ4n) is 2.84. The maximum absolute atomic E-state index is 12.4. The van der Waals surface area contributed by atoms with E-state index in [1.807, 2.05) is 43.3 Å². The van der Waals surface area contributed by atoms with Gasteiger partial charge in [0.25, 0.3) is 5.91 Å². The number of carbonyl (C=O) groups excluding carboxylic acids is 1. The van der Waals surface area contributed by atoms with Crippen LogP contribution in [0.4, 0.5) is 5.95 Å². The van der Waals surface area contributed by atoms with Gasteiger partial charge in [-0.1, -0.05) is 29.8 Å². The van der Waals surface area contributed by atoms with Crippen LogP contribution in [0.3, 0.4) is 0 Å². The van der Waals surface area contributed by atoms with Gasteiger partial charge >= 0.3 is 0 Å². The Labute approximate surface area is 179 Å². The van der Waals surface area contributed by atoms with Crippen molar-refractivity contribution >= 4 is 11.9 Å². The molecule has 0 saturated carbocycles. The molecule has 0 bridgehead atoms. The second-order valence-electron chi connectivity index (χ2n) is 6.89. The standard InChI is InChI=1S/C22H22N6O3/c1-16-3-5-17(6-4-16)13-28-14-23-22(26-28)24-21(29)20-11-12-27(25-20)15-31-19-9-7-18(30-2)8-10-19/h3-12,14H,13,15H2,1-2H3,(H,24,26,29). The van der Waals surface area contributed by atoms with Crippen LogP contribution in [-0.4, -0.2) is 37.6 Å². The van der Waals surface area contributed by atoms with Gasteiger partial charge in [-0.2, -0.15) is 5.10 Å². The first-order chi connectivity index (χ1) is 15.1. The molecule has 2 aromatic carbocycles. The first-order valence-corrected chi connectivity index (χ1v) is 9.66. The number of hydrogen-bond acceptors (Lipinski definition) is 6. The zero-order chi connectivity index (χ0) is 21.6. The minimum absolute atomic E-state index is 0.170. The lowest BCUT2D eigenvalue weighted by Gasteiger charge is -2.07. The molecule has 0 fully saturated rings. The molecule has 0 saturated heterocycles. The van der Waals surface area contributed by atoms with E-state index in [2.05, 4.69) is 20.5 Å². The quantitative estimate of drug-likeness (QED) is 0.472. The van der Waals surface area contributed by atoms with Gasteiger partial charge in [0.2, 0.25) is 5.95 Å². The van der Waals surface area contributed by atoms with E-state index in [0.717, 1.165) is 11.3 Å². The van der Waals surface area contributed by atoms with E-state index in [-0.39, 0.29) is 18.4 Å².